The number of carbonyl (C=O) groups is 2. The Morgan fingerprint density at radius 2 is 1.30 bits per heavy atom. The van der Waals surface area contributed by atoms with Gasteiger partial charge in [-0.25, -0.2) is 9.59 Å². The van der Waals surface area contributed by atoms with Gasteiger partial charge in [-0.1, -0.05) is 69.9 Å². The number of anilines is 2. The zero-order valence-electron chi connectivity index (χ0n) is 17.3. The normalized spacial score (nSPS) is 12.7. The summed E-state index contributed by atoms with van der Waals surface area (Å²) in [7, 11) is 0. The number of nitrogens with zero attached hydrogens (tertiary/aromatic N) is 3. The standard InChI is InChI=1S/C21H29N5O4/c1-3-5-12-15(18(27)28)22-20-24-17(14-10-8-7-9-11-14)25-21(26-20)23-16(19(29)30)13-6-4-2/h7-11,15-16H,3-6,12-13H2,1-2H3,(H,27,28)(H,29,30)(H2,22,23,24,25,26)/t15-,16-/m0/s1. The van der Waals surface area contributed by atoms with E-state index in [4.69, 9.17) is 0 Å². The Bertz CT molecular complexity index is 785. The lowest BCUT2D eigenvalue weighted by atomic mass is 10.1. The van der Waals surface area contributed by atoms with Crippen molar-refractivity contribution in [2.45, 2.75) is 64.5 Å². The van der Waals surface area contributed by atoms with Gasteiger partial charge in [0.25, 0.3) is 0 Å². The predicted molar refractivity (Wildman–Crippen MR) is 114 cm³/mol. The SMILES string of the molecule is CCCC[C@H](Nc1nc(N[C@@H](CCCC)C(=O)O)nc(-c2ccccc2)n1)C(=O)O. The lowest BCUT2D eigenvalue weighted by Crippen LogP contribution is -2.32. The van der Waals surface area contributed by atoms with E-state index >= 15 is 0 Å². The van der Waals surface area contributed by atoms with Crippen LogP contribution in [0.25, 0.3) is 11.4 Å². The van der Waals surface area contributed by atoms with Crippen molar-refractivity contribution in [3.05, 3.63) is 30.3 Å². The number of benzene rings is 1. The summed E-state index contributed by atoms with van der Waals surface area (Å²) in [5.74, 6) is -1.48. The van der Waals surface area contributed by atoms with E-state index in [9.17, 15) is 19.8 Å². The zero-order chi connectivity index (χ0) is 21.9. The van der Waals surface area contributed by atoms with E-state index in [1.54, 1.807) is 0 Å². The fourth-order valence-corrected chi connectivity index (χ4v) is 2.86. The van der Waals surface area contributed by atoms with Gasteiger partial charge in [0.1, 0.15) is 12.1 Å². The van der Waals surface area contributed by atoms with Gasteiger partial charge in [-0.05, 0) is 12.8 Å². The Morgan fingerprint density at radius 3 is 1.70 bits per heavy atom. The second kappa shape index (κ2) is 11.7. The van der Waals surface area contributed by atoms with Crippen molar-refractivity contribution >= 4 is 23.8 Å². The molecule has 0 saturated heterocycles. The van der Waals surface area contributed by atoms with Gasteiger partial charge in [0.15, 0.2) is 5.82 Å². The molecule has 0 bridgehead atoms. The van der Waals surface area contributed by atoms with E-state index in [0.29, 0.717) is 24.2 Å². The average Bonchev–Trinajstić information content (AvgIpc) is 2.74. The van der Waals surface area contributed by atoms with Crippen LogP contribution in [0.4, 0.5) is 11.9 Å². The summed E-state index contributed by atoms with van der Waals surface area (Å²) in [6, 6.07) is 7.47. The minimum Gasteiger partial charge on any atom is -0.480 e. The Labute approximate surface area is 176 Å². The molecule has 1 heterocycles. The third-order valence-electron chi connectivity index (χ3n) is 4.56. The van der Waals surface area contributed by atoms with Gasteiger partial charge in [-0.2, -0.15) is 15.0 Å². The van der Waals surface area contributed by atoms with E-state index in [-0.39, 0.29) is 11.9 Å². The number of aliphatic carboxylic acids is 2. The molecule has 4 N–H and O–H groups in total. The highest BCUT2D eigenvalue weighted by molar-refractivity contribution is 5.77. The number of rotatable bonds is 13. The van der Waals surface area contributed by atoms with Crippen LogP contribution in [0.3, 0.4) is 0 Å². The average molecular weight is 415 g/mol. The van der Waals surface area contributed by atoms with E-state index in [1.807, 2.05) is 44.2 Å². The summed E-state index contributed by atoms with van der Waals surface area (Å²) in [4.78, 5) is 36.2. The maximum absolute atomic E-state index is 11.6. The molecule has 1 aromatic carbocycles. The lowest BCUT2D eigenvalue weighted by Gasteiger charge is -2.17. The van der Waals surface area contributed by atoms with Crippen molar-refractivity contribution in [1.29, 1.82) is 0 Å². The van der Waals surface area contributed by atoms with Gasteiger partial charge in [-0.15, -0.1) is 0 Å². The quantitative estimate of drug-likeness (QED) is 0.386. The van der Waals surface area contributed by atoms with E-state index in [1.165, 1.54) is 0 Å². The minimum atomic E-state index is -0.994. The molecule has 1 aromatic heterocycles. The first-order valence-electron chi connectivity index (χ1n) is 10.2. The maximum Gasteiger partial charge on any atom is 0.326 e. The molecule has 0 aliphatic heterocycles. The molecule has 0 fully saturated rings. The van der Waals surface area contributed by atoms with Crippen LogP contribution in [0.1, 0.15) is 52.4 Å². The van der Waals surface area contributed by atoms with Crippen LogP contribution in [0, 0.1) is 0 Å². The summed E-state index contributed by atoms with van der Waals surface area (Å²) in [5.41, 5.74) is 0.715. The molecule has 0 aliphatic carbocycles. The van der Waals surface area contributed by atoms with Crippen LogP contribution in [0.5, 0.6) is 0 Å². The molecule has 2 rings (SSSR count). The molecule has 30 heavy (non-hydrogen) atoms. The van der Waals surface area contributed by atoms with Gasteiger partial charge in [0.2, 0.25) is 11.9 Å². The second-order valence-electron chi connectivity index (χ2n) is 7.03. The predicted octanol–water partition coefficient (Wildman–Crippen LogP) is 3.65. The van der Waals surface area contributed by atoms with E-state index in [2.05, 4.69) is 25.6 Å². The minimum absolute atomic E-state index is 0.0921. The molecule has 0 unspecified atom stereocenters. The first-order valence-corrected chi connectivity index (χ1v) is 10.2. The topological polar surface area (TPSA) is 137 Å². The number of hydrogen-bond donors (Lipinski definition) is 4. The zero-order valence-corrected chi connectivity index (χ0v) is 17.3. The number of aromatic nitrogens is 3. The third kappa shape index (κ3) is 6.98. The summed E-state index contributed by atoms with van der Waals surface area (Å²) < 4.78 is 0. The first kappa shape index (κ1) is 23.1. The molecule has 0 aliphatic rings. The van der Waals surface area contributed by atoms with E-state index < -0.39 is 24.0 Å². The van der Waals surface area contributed by atoms with Crippen molar-refractivity contribution < 1.29 is 19.8 Å². The largest absolute Gasteiger partial charge is 0.480 e. The lowest BCUT2D eigenvalue weighted by molar-refractivity contribution is -0.139. The van der Waals surface area contributed by atoms with Crippen LogP contribution in [0.15, 0.2) is 30.3 Å². The Kier molecular flexibility index (Phi) is 8.99. The van der Waals surface area contributed by atoms with Crippen molar-refractivity contribution in [2.24, 2.45) is 0 Å². The highest BCUT2D eigenvalue weighted by Crippen LogP contribution is 2.19. The molecular weight excluding hydrogens is 386 g/mol. The van der Waals surface area contributed by atoms with Crippen LogP contribution < -0.4 is 10.6 Å². The molecule has 162 valence electrons. The van der Waals surface area contributed by atoms with Gasteiger partial charge in [-0.3, -0.25) is 0 Å². The molecule has 2 atom stereocenters. The Hall–Kier alpha value is -3.23. The second-order valence-corrected chi connectivity index (χ2v) is 7.03. The number of carboxylic acids is 2. The Morgan fingerprint density at radius 1 is 0.833 bits per heavy atom. The number of carboxylic acid groups (broad SMARTS) is 2. The Balaban J connectivity index is 2.37. The summed E-state index contributed by atoms with van der Waals surface area (Å²) >= 11 is 0. The highest BCUT2D eigenvalue weighted by atomic mass is 16.4. The van der Waals surface area contributed by atoms with Gasteiger partial charge in [0, 0.05) is 5.56 Å². The number of hydrogen-bond acceptors (Lipinski definition) is 7. The van der Waals surface area contributed by atoms with Crippen LogP contribution in [-0.2, 0) is 9.59 Å². The summed E-state index contributed by atoms with van der Waals surface area (Å²) in [5, 5.41) is 24.7. The monoisotopic (exact) mass is 415 g/mol. The number of unbranched alkanes of at least 4 members (excludes halogenated alkanes) is 2. The molecule has 0 radical (unpaired) electrons. The summed E-state index contributed by atoms with van der Waals surface area (Å²) in [6.07, 6.45) is 4.06. The van der Waals surface area contributed by atoms with Gasteiger partial charge in [0.05, 0.1) is 0 Å². The van der Waals surface area contributed by atoms with Crippen molar-refractivity contribution in [3.8, 4) is 11.4 Å². The van der Waals surface area contributed by atoms with Crippen LogP contribution in [-0.4, -0.2) is 49.2 Å². The molecule has 9 nitrogen and oxygen atoms in total. The molecule has 9 heteroatoms. The van der Waals surface area contributed by atoms with Crippen molar-refractivity contribution in [3.63, 3.8) is 0 Å². The first-order chi connectivity index (χ1) is 14.4. The maximum atomic E-state index is 11.6. The molecule has 0 spiro atoms. The molecular formula is C21H29N5O4. The van der Waals surface area contributed by atoms with Gasteiger partial charge >= 0.3 is 11.9 Å². The smallest absolute Gasteiger partial charge is 0.326 e. The third-order valence-corrected chi connectivity index (χ3v) is 4.56. The summed E-state index contributed by atoms with van der Waals surface area (Å²) in [6.45, 7) is 3.97. The molecule has 0 amide bonds. The molecule has 0 saturated carbocycles. The highest BCUT2D eigenvalue weighted by Gasteiger charge is 2.22. The van der Waals surface area contributed by atoms with Crippen molar-refractivity contribution in [1.82, 2.24) is 15.0 Å². The van der Waals surface area contributed by atoms with Crippen LogP contribution >= 0.6 is 0 Å². The fraction of sp³-hybridized carbons (Fsp3) is 0.476. The van der Waals surface area contributed by atoms with Crippen molar-refractivity contribution in [2.75, 3.05) is 10.6 Å². The number of nitrogens with one attached hydrogen (secondary N) is 2. The fourth-order valence-electron chi connectivity index (χ4n) is 2.86. The van der Waals surface area contributed by atoms with Gasteiger partial charge < -0.3 is 20.8 Å². The van der Waals surface area contributed by atoms with E-state index in [0.717, 1.165) is 25.7 Å². The van der Waals surface area contributed by atoms with Crippen LogP contribution in [0.2, 0.25) is 0 Å². The molecule has 2 aromatic rings.